The Labute approximate surface area is 75.6 Å². The van der Waals surface area contributed by atoms with Crippen LogP contribution in [0.3, 0.4) is 0 Å². The van der Waals surface area contributed by atoms with Gasteiger partial charge in [0.15, 0.2) is 0 Å². The van der Waals surface area contributed by atoms with E-state index in [1.54, 1.807) is 36.3 Å². The van der Waals surface area contributed by atoms with Gasteiger partial charge in [-0.15, -0.1) is 11.8 Å². The number of thioether (sulfide) groups is 1. The van der Waals surface area contributed by atoms with Crippen LogP contribution >= 0.6 is 11.8 Å². The molecule has 0 fully saturated rings. The first-order valence-electron chi connectivity index (χ1n) is 3.52. The number of nitrogens with one attached hydrogen (secondary N) is 1. The third-order valence-corrected chi connectivity index (χ3v) is 1.75. The van der Waals surface area contributed by atoms with Gasteiger partial charge in [-0.05, 0) is 18.4 Å². The fourth-order valence-electron chi connectivity index (χ4n) is 0.743. The van der Waals surface area contributed by atoms with Gasteiger partial charge in [0, 0.05) is 18.0 Å². The third kappa shape index (κ3) is 2.54. The number of pyridine rings is 1. The lowest BCUT2D eigenvalue weighted by atomic mass is 10.2. The molecule has 0 aliphatic heterocycles. The van der Waals surface area contributed by atoms with Crippen molar-refractivity contribution in [1.29, 1.82) is 0 Å². The lowest BCUT2D eigenvalue weighted by molar-refractivity contribution is 0.0961. The van der Waals surface area contributed by atoms with Gasteiger partial charge in [-0.25, -0.2) is 0 Å². The summed E-state index contributed by atoms with van der Waals surface area (Å²) >= 11 is 1.58. The number of rotatable bonds is 3. The fourth-order valence-corrected chi connectivity index (χ4v) is 1.02. The normalized spacial score (nSPS) is 9.42. The second-order valence-electron chi connectivity index (χ2n) is 2.17. The van der Waals surface area contributed by atoms with Crippen molar-refractivity contribution < 1.29 is 4.79 Å². The topological polar surface area (TPSA) is 42.0 Å². The molecular weight excluding hydrogens is 172 g/mol. The summed E-state index contributed by atoms with van der Waals surface area (Å²) < 4.78 is 0. The molecule has 0 aliphatic rings. The predicted molar refractivity (Wildman–Crippen MR) is 50.1 cm³/mol. The second kappa shape index (κ2) is 4.77. The zero-order valence-corrected chi connectivity index (χ0v) is 7.60. The minimum atomic E-state index is -0.0493. The van der Waals surface area contributed by atoms with Gasteiger partial charge in [-0.1, -0.05) is 0 Å². The zero-order chi connectivity index (χ0) is 8.81. The molecule has 1 N–H and O–H groups in total. The average Bonchev–Trinajstić information content (AvgIpc) is 2.15. The maximum atomic E-state index is 11.3. The molecule has 1 aromatic rings. The van der Waals surface area contributed by atoms with E-state index in [2.05, 4.69) is 10.3 Å². The molecule has 1 heterocycles. The van der Waals surface area contributed by atoms with E-state index in [1.165, 1.54) is 0 Å². The number of carbonyl (C=O) groups excluding carboxylic acids is 1. The van der Waals surface area contributed by atoms with Crippen LogP contribution in [0.4, 0.5) is 0 Å². The van der Waals surface area contributed by atoms with Crippen LogP contribution in [0.1, 0.15) is 10.4 Å². The lowest BCUT2D eigenvalue weighted by Gasteiger charge is -2.01. The molecule has 0 atom stereocenters. The zero-order valence-electron chi connectivity index (χ0n) is 6.78. The second-order valence-corrected chi connectivity index (χ2v) is 3.04. The van der Waals surface area contributed by atoms with Gasteiger partial charge < -0.3 is 5.32 Å². The quantitative estimate of drug-likeness (QED) is 0.712. The van der Waals surface area contributed by atoms with Crippen molar-refractivity contribution in [2.45, 2.75) is 0 Å². The fraction of sp³-hybridized carbons (Fsp3) is 0.250. The average molecular weight is 182 g/mol. The molecule has 64 valence electrons. The molecule has 0 spiro atoms. The van der Waals surface area contributed by atoms with Crippen molar-refractivity contribution in [2.24, 2.45) is 0 Å². The van der Waals surface area contributed by atoms with E-state index in [9.17, 15) is 4.79 Å². The number of nitrogens with zero attached hydrogens (tertiary/aromatic N) is 1. The summed E-state index contributed by atoms with van der Waals surface area (Å²) in [4.78, 5) is 15.1. The van der Waals surface area contributed by atoms with Crippen LogP contribution in [0.2, 0.25) is 0 Å². The summed E-state index contributed by atoms with van der Waals surface area (Å²) in [6, 6.07) is 3.38. The van der Waals surface area contributed by atoms with Crippen molar-refractivity contribution in [3.05, 3.63) is 30.1 Å². The van der Waals surface area contributed by atoms with E-state index >= 15 is 0 Å². The first-order chi connectivity index (χ1) is 5.84. The van der Waals surface area contributed by atoms with Gasteiger partial charge in [-0.3, -0.25) is 9.78 Å². The monoisotopic (exact) mass is 182 g/mol. The summed E-state index contributed by atoms with van der Waals surface area (Å²) in [6.07, 6.45) is 5.15. The lowest BCUT2D eigenvalue weighted by Crippen LogP contribution is -2.22. The SMILES string of the molecule is CSCNC(=O)c1ccncc1. The molecule has 12 heavy (non-hydrogen) atoms. The summed E-state index contributed by atoms with van der Waals surface area (Å²) in [5.41, 5.74) is 0.652. The Kier molecular flexibility index (Phi) is 3.60. The van der Waals surface area contributed by atoms with E-state index in [-0.39, 0.29) is 5.91 Å². The van der Waals surface area contributed by atoms with Gasteiger partial charge in [0.05, 0.1) is 5.88 Å². The molecule has 0 unspecified atom stereocenters. The van der Waals surface area contributed by atoms with Crippen molar-refractivity contribution in [1.82, 2.24) is 10.3 Å². The Bertz CT molecular complexity index is 250. The molecule has 0 saturated carbocycles. The minimum Gasteiger partial charge on any atom is -0.343 e. The smallest absolute Gasteiger partial charge is 0.252 e. The molecular formula is C8H10N2OS. The van der Waals surface area contributed by atoms with Crippen LogP contribution in [0.25, 0.3) is 0 Å². The molecule has 3 nitrogen and oxygen atoms in total. The number of hydrogen-bond acceptors (Lipinski definition) is 3. The van der Waals surface area contributed by atoms with Crippen molar-refractivity contribution >= 4 is 17.7 Å². The number of hydrogen-bond donors (Lipinski definition) is 1. The summed E-state index contributed by atoms with van der Waals surface area (Å²) in [7, 11) is 0. The Morgan fingerprint density at radius 3 is 2.83 bits per heavy atom. The number of carbonyl (C=O) groups is 1. The van der Waals surface area contributed by atoms with Crippen LogP contribution in [-0.4, -0.2) is 23.0 Å². The van der Waals surface area contributed by atoms with Gasteiger partial charge in [0.25, 0.3) is 5.91 Å². The summed E-state index contributed by atoms with van der Waals surface area (Å²) in [5, 5.41) is 2.74. The van der Waals surface area contributed by atoms with Crippen molar-refractivity contribution in [2.75, 3.05) is 12.1 Å². The molecule has 0 aromatic carbocycles. The van der Waals surface area contributed by atoms with E-state index in [1.807, 2.05) is 6.26 Å². The van der Waals surface area contributed by atoms with Gasteiger partial charge in [-0.2, -0.15) is 0 Å². The standard InChI is InChI=1S/C8H10N2OS/c1-12-6-10-8(11)7-2-4-9-5-3-7/h2-5H,6H2,1H3,(H,10,11). The Morgan fingerprint density at radius 1 is 1.58 bits per heavy atom. The minimum absolute atomic E-state index is 0.0493. The molecule has 0 radical (unpaired) electrons. The Morgan fingerprint density at radius 2 is 2.25 bits per heavy atom. The first-order valence-corrected chi connectivity index (χ1v) is 4.91. The highest BCUT2D eigenvalue weighted by Gasteiger charge is 2.01. The van der Waals surface area contributed by atoms with Crippen LogP contribution in [0, 0.1) is 0 Å². The van der Waals surface area contributed by atoms with Crippen LogP contribution in [0.15, 0.2) is 24.5 Å². The number of amides is 1. The maximum Gasteiger partial charge on any atom is 0.252 e. The van der Waals surface area contributed by atoms with E-state index in [4.69, 9.17) is 0 Å². The highest BCUT2D eigenvalue weighted by Crippen LogP contribution is 1.96. The molecule has 1 rings (SSSR count). The molecule has 1 aromatic heterocycles. The van der Waals surface area contributed by atoms with Gasteiger partial charge in [0.2, 0.25) is 0 Å². The largest absolute Gasteiger partial charge is 0.343 e. The van der Waals surface area contributed by atoms with E-state index in [0.29, 0.717) is 11.4 Å². The predicted octanol–water partition coefficient (Wildman–Crippen LogP) is 1.13. The molecule has 1 amide bonds. The number of aromatic nitrogens is 1. The first kappa shape index (κ1) is 9.06. The van der Waals surface area contributed by atoms with Crippen LogP contribution in [0.5, 0.6) is 0 Å². The third-order valence-electron chi connectivity index (χ3n) is 1.32. The summed E-state index contributed by atoms with van der Waals surface area (Å²) in [6.45, 7) is 0. The molecule has 0 aliphatic carbocycles. The van der Waals surface area contributed by atoms with Crippen molar-refractivity contribution in [3.8, 4) is 0 Å². The highest BCUT2D eigenvalue weighted by molar-refractivity contribution is 7.98. The Hall–Kier alpha value is -1.03. The van der Waals surface area contributed by atoms with Crippen LogP contribution in [-0.2, 0) is 0 Å². The molecule has 4 heteroatoms. The Balaban J connectivity index is 2.54. The maximum absolute atomic E-state index is 11.3. The summed E-state index contributed by atoms with van der Waals surface area (Å²) in [5.74, 6) is 0.591. The molecule has 0 bridgehead atoms. The van der Waals surface area contributed by atoms with E-state index < -0.39 is 0 Å². The van der Waals surface area contributed by atoms with Crippen molar-refractivity contribution in [3.63, 3.8) is 0 Å². The molecule has 0 saturated heterocycles. The highest BCUT2D eigenvalue weighted by atomic mass is 32.2. The van der Waals surface area contributed by atoms with Gasteiger partial charge >= 0.3 is 0 Å². The van der Waals surface area contributed by atoms with Gasteiger partial charge in [0.1, 0.15) is 0 Å². The van der Waals surface area contributed by atoms with Crippen LogP contribution < -0.4 is 5.32 Å². The van der Waals surface area contributed by atoms with E-state index in [0.717, 1.165) is 0 Å².